The van der Waals surface area contributed by atoms with Gasteiger partial charge in [0.15, 0.2) is 0 Å². The molecule has 1 aliphatic heterocycles. The number of carbonyl (C=O) groups excluding carboxylic acids is 1. The minimum absolute atomic E-state index is 0.0952. The van der Waals surface area contributed by atoms with Crippen LogP contribution in [-0.4, -0.2) is 24.0 Å². The highest BCUT2D eigenvalue weighted by molar-refractivity contribution is 5.96. The molecule has 4 rings (SSSR count). The number of rotatable bonds is 3. The van der Waals surface area contributed by atoms with Gasteiger partial charge in [-0.2, -0.15) is 0 Å². The topological polar surface area (TPSA) is 59.2 Å². The normalized spacial score (nSPS) is 17.6. The number of nitrogens with zero attached hydrogens (tertiary/aromatic N) is 2. The first-order chi connectivity index (χ1) is 12.2. The lowest BCUT2D eigenvalue weighted by Crippen LogP contribution is -2.41. The van der Waals surface area contributed by atoms with Gasteiger partial charge in [-0.3, -0.25) is 4.79 Å². The molecule has 3 aromatic rings. The summed E-state index contributed by atoms with van der Waals surface area (Å²) in [6.45, 7) is 1.55. The summed E-state index contributed by atoms with van der Waals surface area (Å²) < 4.78 is 0. The predicted octanol–water partition coefficient (Wildman–Crippen LogP) is 3.60. The van der Waals surface area contributed by atoms with Crippen LogP contribution in [0.15, 0.2) is 60.7 Å². The number of hydrogen-bond donors (Lipinski definition) is 1. The zero-order valence-electron chi connectivity index (χ0n) is 14.1. The van der Waals surface area contributed by atoms with Crippen molar-refractivity contribution in [2.45, 2.75) is 12.8 Å². The molecule has 0 aliphatic carbocycles. The summed E-state index contributed by atoms with van der Waals surface area (Å²) in [6.07, 6.45) is 1.83. The Balaban J connectivity index is 1.81. The van der Waals surface area contributed by atoms with E-state index in [0.717, 1.165) is 36.1 Å². The third kappa shape index (κ3) is 3.07. The molecule has 4 nitrogen and oxygen atoms in total. The molecule has 1 atom stereocenters. The van der Waals surface area contributed by atoms with E-state index in [-0.39, 0.29) is 11.8 Å². The van der Waals surface area contributed by atoms with E-state index in [1.54, 1.807) is 0 Å². The van der Waals surface area contributed by atoms with E-state index in [0.29, 0.717) is 6.54 Å². The Bertz CT molecular complexity index is 907. The number of primary amides is 1. The monoisotopic (exact) mass is 331 g/mol. The number of aromatic nitrogens is 1. The zero-order chi connectivity index (χ0) is 17.2. The number of amides is 1. The SMILES string of the molecule is NC(=O)[C@@H]1CCCN(c2cc(-c3ccccc3)c3ccccc3n2)C1. The van der Waals surface area contributed by atoms with Crippen LogP contribution >= 0.6 is 0 Å². The summed E-state index contributed by atoms with van der Waals surface area (Å²) in [5.74, 6) is 0.611. The first-order valence-electron chi connectivity index (χ1n) is 8.72. The van der Waals surface area contributed by atoms with Crippen LogP contribution in [0.1, 0.15) is 12.8 Å². The van der Waals surface area contributed by atoms with Gasteiger partial charge in [-0.15, -0.1) is 0 Å². The van der Waals surface area contributed by atoms with E-state index >= 15 is 0 Å². The summed E-state index contributed by atoms with van der Waals surface area (Å²) in [6, 6.07) is 20.7. The lowest BCUT2D eigenvalue weighted by molar-refractivity contribution is -0.122. The van der Waals surface area contributed by atoms with Gasteiger partial charge < -0.3 is 10.6 Å². The average Bonchev–Trinajstić information content (AvgIpc) is 2.68. The van der Waals surface area contributed by atoms with Crippen LogP contribution in [0.25, 0.3) is 22.0 Å². The van der Waals surface area contributed by atoms with Crippen LogP contribution in [0.3, 0.4) is 0 Å². The lowest BCUT2D eigenvalue weighted by Gasteiger charge is -2.32. The Kier molecular flexibility index (Phi) is 4.10. The van der Waals surface area contributed by atoms with E-state index in [2.05, 4.69) is 29.2 Å². The smallest absolute Gasteiger partial charge is 0.222 e. The quantitative estimate of drug-likeness (QED) is 0.798. The second kappa shape index (κ2) is 6.55. The van der Waals surface area contributed by atoms with Gasteiger partial charge in [0, 0.05) is 18.5 Å². The summed E-state index contributed by atoms with van der Waals surface area (Å²) in [7, 11) is 0. The summed E-state index contributed by atoms with van der Waals surface area (Å²) >= 11 is 0. The van der Waals surface area contributed by atoms with Gasteiger partial charge >= 0.3 is 0 Å². The number of benzene rings is 2. The van der Waals surface area contributed by atoms with E-state index in [1.807, 2.05) is 36.4 Å². The molecule has 1 aliphatic rings. The van der Waals surface area contributed by atoms with Crippen molar-refractivity contribution in [3.05, 3.63) is 60.7 Å². The molecule has 0 bridgehead atoms. The number of hydrogen-bond acceptors (Lipinski definition) is 3. The van der Waals surface area contributed by atoms with Gasteiger partial charge in [0.25, 0.3) is 0 Å². The van der Waals surface area contributed by atoms with Crippen molar-refractivity contribution in [1.29, 1.82) is 0 Å². The molecule has 1 saturated heterocycles. The maximum Gasteiger partial charge on any atom is 0.222 e. The van der Waals surface area contributed by atoms with Crippen LogP contribution in [-0.2, 0) is 4.79 Å². The Labute approximate surface area is 147 Å². The van der Waals surface area contributed by atoms with Gasteiger partial charge in [0.2, 0.25) is 5.91 Å². The number of pyridine rings is 1. The van der Waals surface area contributed by atoms with Crippen molar-refractivity contribution in [2.75, 3.05) is 18.0 Å². The van der Waals surface area contributed by atoms with Crippen molar-refractivity contribution >= 4 is 22.6 Å². The van der Waals surface area contributed by atoms with Crippen LogP contribution in [0.4, 0.5) is 5.82 Å². The van der Waals surface area contributed by atoms with Gasteiger partial charge in [-0.25, -0.2) is 4.98 Å². The zero-order valence-corrected chi connectivity index (χ0v) is 14.1. The number of piperidine rings is 1. The molecule has 2 aromatic carbocycles. The van der Waals surface area contributed by atoms with E-state index in [9.17, 15) is 4.79 Å². The first kappa shape index (κ1) is 15.6. The molecule has 1 aromatic heterocycles. The van der Waals surface area contributed by atoms with Gasteiger partial charge in [0.05, 0.1) is 11.4 Å². The maximum atomic E-state index is 11.6. The Morgan fingerprint density at radius 2 is 1.84 bits per heavy atom. The molecule has 0 unspecified atom stereocenters. The summed E-state index contributed by atoms with van der Waals surface area (Å²) in [4.78, 5) is 18.7. The van der Waals surface area contributed by atoms with Crippen molar-refractivity contribution < 1.29 is 4.79 Å². The van der Waals surface area contributed by atoms with E-state index < -0.39 is 0 Å². The molecule has 25 heavy (non-hydrogen) atoms. The Morgan fingerprint density at radius 1 is 1.08 bits per heavy atom. The number of anilines is 1. The van der Waals surface area contributed by atoms with Gasteiger partial charge in [-0.1, -0.05) is 48.5 Å². The highest BCUT2D eigenvalue weighted by Gasteiger charge is 2.25. The van der Waals surface area contributed by atoms with E-state index in [4.69, 9.17) is 10.7 Å². The minimum atomic E-state index is -0.214. The molecule has 4 heteroatoms. The fourth-order valence-corrected chi connectivity index (χ4v) is 3.60. The van der Waals surface area contributed by atoms with Crippen molar-refractivity contribution in [3.63, 3.8) is 0 Å². The minimum Gasteiger partial charge on any atom is -0.369 e. The highest BCUT2D eigenvalue weighted by Crippen LogP contribution is 2.32. The summed E-state index contributed by atoms with van der Waals surface area (Å²) in [5, 5.41) is 1.14. The van der Waals surface area contributed by atoms with Crippen molar-refractivity contribution in [3.8, 4) is 11.1 Å². The number of carbonyl (C=O) groups is 1. The van der Waals surface area contributed by atoms with Crippen LogP contribution < -0.4 is 10.6 Å². The standard InChI is InChI=1S/C21H21N3O/c22-21(25)16-9-6-12-24(14-16)20-13-18(15-7-2-1-3-8-15)17-10-4-5-11-19(17)23-20/h1-5,7-8,10-11,13,16H,6,9,12,14H2,(H2,22,25)/t16-/m1/s1. The second-order valence-electron chi connectivity index (χ2n) is 6.60. The molecule has 126 valence electrons. The predicted molar refractivity (Wildman–Crippen MR) is 101 cm³/mol. The molecule has 0 saturated carbocycles. The van der Waals surface area contributed by atoms with Crippen molar-refractivity contribution in [2.24, 2.45) is 11.7 Å². The second-order valence-corrected chi connectivity index (χ2v) is 6.60. The molecule has 1 fully saturated rings. The number of fused-ring (bicyclic) bond motifs is 1. The molecule has 0 spiro atoms. The summed E-state index contributed by atoms with van der Waals surface area (Å²) in [5.41, 5.74) is 8.85. The molecule has 2 N–H and O–H groups in total. The molecule has 2 heterocycles. The highest BCUT2D eigenvalue weighted by atomic mass is 16.1. The molecule has 1 amide bonds. The van der Waals surface area contributed by atoms with Gasteiger partial charge in [-0.05, 0) is 36.1 Å². The van der Waals surface area contributed by atoms with Crippen molar-refractivity contribution in [1.82, 2.24) is 4.98 Å². The number of para-hydroxylation sites is 1. The average molecular weight is 331 g/mol. The third-order valence-electron chi connectivity index (χ3n) is 4.94. The fraction of sp³-hybridized carbons (Fsp3) is 0.238. The van der Waals surface area contributed by atoms with E-state index in [1.165, 1.54) is 11.1 Å². The van der Waals surface area contributed by atoms with Crippen LogP contribution in [0.2, 0.25) is 0 Å². The Hall–Kier alpha value is -2.88. The molecule has 0 radical (unpaired) electrons. The largest absolute Gasteiger partial charge is 0.369 e. The molecular weight excluding hydrogens is 310 g/mol. The molecular formula is C21H21N3O. The first-order valence-corrected chi connectivity index (χ1v) is 8.72. The fourth-order valence-electron chi connectivity index (χ4n) is 3.60. The maximum absolute atomic E-state index is 11.6. The van der Waals surface area contributed by atoms with Crippen LogP contribution in [0, 0.1) is 5.92 Å². The number of nitrogens with two attached hydrogens (primary N) is 1. The van der Waals surface area contributed by atoms with Crippen LogP contribution in [0.5, 0.6) is 0 Å². The van der Waals surface area contributed by atoms with Gasteiger partial charge in [0.1, 0.15) is 5.82 Å². The lowest BCUT2D eigenvalue weighted by atomic mass is 9.96. The Morgan fingerprint density at radius 3 is 2.64 bits per heavy atom. The third-order valence-corrected chi connectivity index (χ3v) is 4.94.